The Labute approximate surface area is 186 Å². The maximum atomic E-state index is 13.8. The number of aromatic nitrogens is 1. The summed E-state index contributed by atoms with van der Waals surface area (Å²) in [6.07, 6.45) is 2.90. The van der Waals surface area contributed by atoms with E-state index in [1.54, 1.807) is 12.1 Å². The fourth-order valence-corrected chi connectivity index (χ4v) is 3.47. The van der Waals surface area contributed by atoms with Crippen molar-refractivity contribution in [3.8, 4) is 0 Å². The number of carbonyl (C=O) groups excluding carboxylic acids is 2. The molecular weight excluding hydrogens is 430 g/mol. The van der Waals surface area contributed by atoms with Gasteiger partial charge in [0.25, 0.3) is 5.91 Å². The summed E-state index contributed by atoms with van der Waals surface area (Å²) in [5, 5.41) is 5.83. The summed E-state index contributed by atoms with van der Waals surface area (Å²) in [5.74, 6) is -1.14. The van der Waals surface area contributed by atoms with Crippen LogP contribution in [-0.4, -0.2) is 40.8 Å². The monoisotopic (exact) mass is 454 g/mol. The summed E-state index contributed by atoms with van der Waals surface area (Å²) in [6, 6.07) is 7.30. The minimum absolute atomic E-state index is 0. The third kappa shape index (κ3) is 6.14. The zero-order chi connectivity index (χ0) is 21.0. The highest BCUT2D eigenvalue weighted by Gasteiger charge is 2.27. The van der Waals surface area contributed by atoms with Crippen LogP contribution in [0.4, 0.5) is 15.9 Å². The predicted molar refractivity (Wildman–Crippen MR) is 119 cm³/mol. The van der Waals surface area contributed by atoms with E-state index in [4.69, 9.17) is 11.6 Å². The summed E-state index contributed by atoms with van der Waals surface area (Å²) in [5.41, 5.74) is 0.309. The molecule has 162 valence electrons. The van der Waals surface area contributed by atoms with Crippen LogP contribution in [0, 0.1) is 11.7 Å². The van der Waals surface area contributed by atoms with E-state index in [0.29, 0.717) is 11.1 Å². The third-order valence-electron chi connectivity index (χ3n) is 5.08. The summed E-state index contributed by atoms with van der Waals surface area (Å²) < 4.78 is 13.8. The molecule has 1 fully saturated rings. The van der Waals surface area contributed by atoms with Gasteiger partial charge in [0.15, 0.2) is 0 Å². The summed E-state index contributed by atoms with van der Waals surface area (Å²) >= 11 is 5.79. The van der Waals surface area contributed by atoms with Gasteiger partial charge in [0.1, 0.15) is 11.6 Å². The molecule has 9 heteroatoms. The lowest BCUT2D eigenvalue weighted by Gasteiger charge is -2.34. The quantitative estimate of drug-likeness (QED) is 0.691. The Morgan fingerprint density at radius 1 is 1.17 bits per heavy atom. The molecule has 30 heavy (non-hydrogen) atoms. The molecule has 2 N–H and O–H groups in total. The number of amides is 2. The number of pyridine rings is 1. The van der Waals surface area contributed by atoms with Gasteiger partial charge in [-0.1, -0.05) is 11.6 Å². The van der Waals surface area contributed by atoms with Crippen LogP contribution in [0.25, 0.3) is 0 Å². The number of hydrogen-bond donors (Lipinski definition) is 2. The number of benzene rings is 1. The van der Waals surface area contributed by atoms with Gasteiger partial charge in [-0.15, -0.1) is 12.4 Å². The second-order valence-electron chi connectivity index (χ2n) is 7.40. The van der Waals surface area contributed by atoms with Crippen molar-refractivity contribution in [3.63, 3.8) is 0 Å². The molecule has 1 aliphatic rings. The largest absolute Gasteiger partial charge is 0.325 e. The minimum atomic E-state index is -0.567. The van der Waals surface area contributed by atoms with Gasteiger partial charge in [0.05, 0.1) is 16.3 Å². The van der Waals surface area contributed by atoms with E-state index in [-0.39, 0.29) is 41.3 Å². The van der Waals surface area contributed by atoms with Gasteiger partial charge in [0.2, 0.25) is 5.91 Å². The highest BCUT2D eigenvalue weighted by Crippen LogP contribution is 2.24. The Morgan fingerprint density at radius 3 is 2.47 bits per heavy atom. The first kappa shape index (κ1) is 24.1. The molecule has 0 bridgehead atoms. The molecule has 2 amide bonds. The molecule has 0 radical (unpaired) electrons. The topological polar surface area (TPSA) is 74.3 Å². The lowest BCUT2D eigenvalue weighted by Crippen LogP contribution is -2.41. The Bertz CT molecular complexity index is 885. The number of nitrogens with zero attached hydrogens (tertiary/aromatic N) is 2. The maximum absolute atomic E-state index is 13.8. The SMILES string of the molecule is CC(C)N1CCC(C(=O)Nc2ccc(F)cc2C(=O)Nc2ccc(Cl)cn2)CC1.Cl. The lowest BCUT2D eigenvalue weighted by molar-refractivity contribution is -0.121. The van der Waals surface area contributed by atoms with Crippen LogP contribution in [0.15, 0.2) is 36.5 Å². The van der Waals surface area contributed by atoms with Crippen LogP contribution in [0.2, 0.25) is 5.02 Å². The number of nitrogens with one attached hydrogen (secondary N) is 2. The molecule has 0 aliphatic carbocycles. The molecule has 0 unspecified atom stereocenters. The van der Waals surface area contributed by atoms with E-state index in [0.717, 1.165) is 32.0 Å². The average Bonchev–Trinajstić information content (AvgIpc) is 2.71. The van der Waals surface area contributed by atoms with Gasteiger partial charge in [-0.25, -0.2) is 9.37 Å². The van der Waals surface area contributed by atoms with Crippen LogP contribution in [-0.2, 0) is 4.79 Å². The van der Waals surface area contributed by atoms with Crippen LogP contribution < -0.4 is 10.6 Å². The van der Waals surface area contributed by atoms with Crippen molar-refractivity contribution in [2.24, 2.45) is 5.92 Å². The van der Waals surface area contributed by atoms with E-state index in [9.17, 15) is 14.0 Å². The third-order valence-corrected chi connectivity index (χ3v) is 5.31. The molecule has 3 rings (SSSR count). The van der Waals surface area contributed by atoms with Gasteiger partial charge in [0, 0.05) is 18.2 Å². The second kappa shape index (κ2) is 10.7. The lowest BCUT2D eigenvalue weighted by atomic mass is 9.95. The molecule has 0 saturated carbocycles. The number of rotatable bonds is 5. The van der Waals surface area contributed by atoms with E-state index in [1.165, 1.54) is 18.3 Å². The van der Waals surface area contributed by atoms with Crippen molar-refractivity contribution in [1.29, 1.82) is 0 Å². The smallest absolute Gasteiger partial charge is 0.259 e. The molecule has 0 atom stereocenters. The van der Waals surface area contributed by atoms with Crippen molar-refractivity contribution in [2.75, 3.05) is 23.7 Å². The van der Waals surface area contributed by atoms with Gasteiger partial charge < -0.3 is 15.5 Å². The number of halogens is 3. The number of hydrogen-bond acceptors (Lipinski definition) is 4. The molecular formula is C21H25Cl2FN4O2. The molecule has 6 nitrogen and oxygen atoms in total. The van der Waals surface area contributed by atoms with Crippen LogP contribution in [0.5, 0.6) is 0 Å². The fraction of sp³-hybridized carbons (Fsp3) is 0.381. The van der Waals surface area contributed by atoms with Gasteiger partial charge >= 0.3 is 0 Å². The van der Waals surface area contributed by atoms with Crippen molar-refractivity contribution in [2.45, 2.75) is 32.7 Å². The molecule has 1 aromatic heterocycles. The minimum Gasteiger partial charge on any atom is -0.325 e. The molecule has 1 aromatic carbocycles. The van der Waals surface area contributed by atoms with Crippen LogP contribution in [0.3, 0.4) is 0 Å². The van der Waals surface area contributed by atoms with Crippen molar-refractivity contribution in [1.82, 2.24) is 9.88 Å². The second-order valence-corrected chi connectivity index (χ2v) is 7.84. The zero-order valence-electron chi connectivity index (χ0n) is 16.8. The number of anilines is 2. The molecule has 2 aromatic rings. The van der Waals surface area contributed by atoms with Gasteiger partial charge in [-0.2, -0.15) is 0 Å². The Hall–Kier alpha value is -2.22. The van der Waals surface area contributed by atoms with Gasteiger partial charge in [-0.3, -0.25) is 9.59 Å². The van der Waals surface area contributed by atoms with Crippen LogP contribution >= 0.6 is 24.0 Å². The van der Waals surface area contributed by atoms with E-state index in [2.05, 4.69) is 34.4 Å². The normalized spacial score (nSPS) is 14.8. The first-order valence-corrected chi connectivity index (χ1v) is 9.98. The molecule has 0 spiro atoms. The van der Waals surface area contributed by atoms with Crippen molar-refractivity contribution in [3.05, 3.63) is 52.9 Å². The first-order chi connectivity index (χ1) is 13.8. The summed E-state index contributed by atoms with van der Waals surface area (Å²) in [4.78, 5) is 31.7. The molecule has 2 heterocycles. The van der Waals surface area contributed by atoms with E-state index < -0.39 is 11.7 Å². The standard InChI is InChI=1S/C21H24ClFN4O2.ClH/c1-13(2)27-9-7-14(8-10-27)20(28)25-18-5-4-16(23)11-17(18)21(29)26-19-6-3-15(22)12-24-19;/h3-6,11-14H,7-10H2,1-2H3,(H,25,28)(H,24,26,29);1H. The Morgan fingerprint density at radius 2 is 1.87 bits per heavy atom. The van der Waals surface area contributed by atoms with E-state index in [1.807, 2.05) is 0 Å². The first-order valence-electron chi connectivity index (χ1n) is 9.61. The highest BCUT2D eigenvalue weighted by molar-refractivity contribution is 6.30. The number of carbonyl (C=O) groups is 2. The molecule has 1 saturated heterocycles. The van der Waals surface area contributed by atoms with Crippen molar-refractivity contribution >= 4 is 47.3 Å². The van der Waals surface area contributed by atoms with E-state index >= 15 is 0 Å². The van der Waals surface area contributed by atoms with Crippen LogP contribution in [0.1, 0.15) is 37.0 Å². The molecule has 1 aliphatic heterocycles. The highest BCUT2D eigenvalue weighted by atomic mass is 35.5. The Kier molecular flexibility index (Phi) is 8.58. The average molecular weight is 455 g/mol. The summed E-state index contributed by atoms with van der Waals surface area (Å²) in [7, 11) is 0. The number of piperidine rings is 1. The zero-order valence-corrected chi connectivity index (χ0v) is 18.4. The fourth-order valence-electron chi connectivity index (χ4n) is 3.36. The number of likely N-dealkylation sites (tertiary alicyclic amines) is 1. The predicted octanol–water partition coefficient (Wildman–Crippen LogP) is 4.61. The Balaban J connectivity index is 0.00000320. The maximum Gasteiger partial charge on any atom is 0.259 e. The summed E-state index contributed by atoms with van der Waals surface area (Å²) in [6.45, 7) is 5.99. The van der Waals surface area contributed by atoms with Crippen molar-refractivity contribution < 1.29 is 14.0 Å². The van der Waals surface area contributed by atoms with Gasteiger partial charge in [-0.05, 0) is 70.1 Å².